The molecule has 116 valence electrons. The highest BCUT2D eigenvalue weighted by atomic mass is 19.1. The van der Waals surface area contributed by atoms with Crippen molar-refractivity contribution in [3.05, 3.63) is 53.9 Å². The predicted molar refractivity (Wildman–Crippen MR) is 77.0 cm³/mol. The van der Waals surface area contributed by atoms with Crippen molar-refractivity contribution < 1.29 is 13.6 Å². The van der Waals surface area contributed by atoms with Crippen LogP contribution in [0.2, 0.25) is 0 Å². The molecular weight excluding hydrogens is 288 g/mol. The van der Waals surface area contributed by atoms with Crippen LogP contribution in [0.1, 0.15) is 37.8 Å². The summed E-state index contributed by atoms with van der Waals surface area (Å²) >= 11 is 0. The van der Waals surface area contributed by atoms with Gasteiger partial charge >= 0.3 is 0 Å². The van der Waals surface area contributed by atoms with Crippen molar-refractivity contribution >= 4 is 5.91 Å². The van der Waals surface area contributed by atoms with Gasteiger partial charge in [0, 0.05) is 18.0 Å². The number of nitrogens with one attached hydrogen (secondary N) is 1. The Morgan fingerprint density at radius 3 is 2.82 bits per heavy atom. The molecule has 1 fully saturated rings. The highest BCUT2D eigenvalue weighted by Crippen LogP contribution is 2.47. The third-order valence-corrected chi connectivity index (χ3v) is 4.09. The Morgan fingerprint density at radius 1 is 1.45 bits per heavy atom. The minimum Gasteiger partial charge on any atom is -0.345 e. The number of hydrogen-bond acceptors (Lipinski definition) is 2. The van der Waals surface area contributed by atoms with Crippen LogP contribution in [0.5, 0.6) is 0 Å². The van der Waals surface area contributed by atoms with Crippen LogP contribution >= 0.6 is 0 Å². The zero-order valence-electron chi connectivity index (χ0n) is 12.2. The maximum absolute atomic E-state index is 14.0. The lowest BCUT2D eigenvalue weighted by atomic mass is 10.0. The first-order chi connectivity index (χ1) is 10.6. The molecule has 1 aliphatic carbocycles. The summed E-state index contributed by atoms with van der Waals surface area (Å²) in [5, 5.41) is 6.97. The molecule has 2 aromatic rings. The van der Waals surface area contributed by atoms with Gasteiger partial charge in [-0.05, 0) is 43.5 Å². The smallest absolute Gasteiger partial charge is 0.245 e. The van der Waals surface area contributed by atoms with Crippen molar-refractivity contribution in [3.8, 4) is 0 Å². The number of aromatic nitrogens is 2. The number of nitrogens with zero attached hydrogens (tertiary/aromatic N) is 2. The van der Waals surface area contributed by atoms with Crippen LogP contribution in [0.15, 0.2) is 36.7 Å². The molecule has 0 bridgehead atoms. The van der Waals surface area contributed by atoms with Crippen LogP contribution in [0, 0.1) is 11.6 Å². The Bertz CT molecular complexity index is 681. The number of rotatable bonds is 5. The standard InChI is InChI=1S/C16H17F2N3O/c1-2-14(21-9-3-8-19-21)15(22)20-16(6-7-16)12-10-11(17)4-5-13(12)18/h3-5,8-10,14H,2,6-7H2,1H3,(H,20,22)/t14-/m1/s1. The minimum atomic E-state index is -0.788. The van der Waals surface area contributed by atoms with Gasteiger partial charge in [0.1, 0.15) is 17.7 Å². The molecule has 1 aromatic carbocycles. The number of amides is 1. The van der Waals surface area contributed by atoms with Gasteiger partial charge in [-0.1, -0.05) is 6.92 Å². The molecule has 0 radical (unpaired) electrons. The molecule has 1 atom stereocenters. The Kier molecular flexibility index (Phi) is 3.68. The molecule has 1 saturated carbocycles. The number of hydrogen-bond donors (Lipinski definition) is 1. The summed E-state index contributed by atoms with van der Waals surface area (Å²) in [6.45, 7) is 1.88. The molecule has 1 aliphatic rings. The summed E-state index contributed by atoms with van der Waals surface area (Å²) in [6.07, 6.45) is 5.10. The zero-order chi connectivity index (χ0) is 15.7. The molecular formula is C16H17F2N3O. The molecule has 0 unspecified atom stereocenters. The quantitative estimate of drug-likeness (QED) is 0.923. The third kappa shape index (κ3) is 2.61. The molecule has 0 saturated heterocycles. The van der Waals surface area contributed by atoms with E-state index in [9.17, 15) is 13.6 Å². The van der Waals surface area contributed by atoms with Gasteiger partial charge in [-0.3, -0.25) is 9.48 Å². The Balaban J connectivity index is 1.82. The van der Waals surface area contributed by atoms with E-state index in [0.717, 1.165) is 18.2 Å². The van der Waals surface area contributed by atoms with Crippen LogP contribution in [-0.2, 0) is 10.3 Å². The second kappa shape index (κ2) is 5.51. The molecule has 4 nitrogen and oxygen atoms in total. The van der Waals surface area contributed by atoms with Gasteiger partial charge < -0.3 is 5.32 Å². The maximum atomic E-state index is 14.0. The van der Waals surface area contributed by atoms with Crippen molar-refractivity contribution in [2.45, 2.75) is 37.8 Å². The lowest BCUT2D eigenvalue weighted by Crippen LogP contribution is -2.40. The van der Waals surface area contributed by atoms with E-state index in [2.05, 4.69) is 10.4 Å². The number of carbonyl (C=O) groups excluding carboxylic acids is 1. The first kappa shape index (κ1) is 14.7. The molecule has 1 N–H and O–H groups in total. The zero-order valence-corrected chi connectivity index (χ0v) is 12.2. The van der Waals surface area contributed by atoms with Crippen molar-refractivity contribution in [1.82, 2.24) is 15.1 Å². The van der Waals surface area contributed by atoms with Crippen LogP contribution < -0.4 is 5.32 Å². The van der Waals surface area contributed by atoms with Gasteiger partial charge in [0.25, 0.3) is 0 Å². The highest BCUT2D eigenvalue weighted by molar-refractivity contribution is 5.81. The number of carbonyl (C=O) groups is 1. The Morgan fingerprint density at radius 2 is 2.23 bits per heavy atom. The van der Waals surface area contributed by atoms with E-state index in [4.69, 9.17) is 0 Å². The van der Waals surface area contributed by atoms with Gasteiger partial charge in [0.15, 0.2) is 0 Å². The van der Waals surface area contributed by atoms with E-state index < -0.39 is 23.2 Å². The second-order valence-corrected chi connectivity index (χ2v) is 5.61. The monoisotopic (exact) mass is 305 g/mol. The fourth-order valence-electron chi connectivity index (χ4n) is 2.73. The van der Waals surface area contributed by atoms with E-state index in [1.165, 1.54) is 0 Å². The first-order valence-corrected chi connectivity index (χ1v) is 7.32. The largest absolute Gasteiger partial charge is 0.345 e. The van der Waals surface area contributed by atoms with Crippen molar-refractivity contribution in [2.24, 2.45) is 0 Å². The fourth-order valence-corrected chi connectivity index (χ4v) is 2.73. The average Bonchev–Trinajstić information content (AvgIpc) is 3.06. The SMILES string of the molecule is CC[C@H](C(=O)NC1(c2cc(F)ccc2F)CC1)n1cccn1. The van der Waals surface area contributed by atoms with Crippen LogP contribution in [0.3, 0.4) is 0 Å². The lowest BCUT2D eigenvalue weighted by Gasteiger charge is -2.22. The highest BCUT2D eigenvalue weighted by Gasteiger charge is 2.48. The predicted octanol–water partition coefficient (Wildman–Crippen LogP) is 2.92. The molecule has 1 amide bonds. The molecule has 22 heavy (non-hydrogen) atoms. The lowest BCUT2D eigenvalue weighted by molar-refractivity contribution is -0.125. The third-order valence-electron chi connectivity index (χ3n) is 4.09. The van der Waals surface area contributed by atoms with Crippen LogP contribution in [0.25, 0.3) is 0 Å². The molecule has 0 spiro atoms. The van der Waals surface area contributed by atoms with Crippen molar-refractivity contribution in [2.75, 3.05) is 0 Å². The Labute approximate surface area is 127 Å². The van der Waals surface area contributed by atoms with Gasteiger partial charge in [0.2, 0.25) is 5.91 Å². The van der Waals surface area contributed by atoms with E-state index >= 15 is 0 Å². The van der Waals surface area contributed by atoms with Crippen molar-refractivity contribution in [3.63, 3.8) is 0 Å². The molecule has 6 heteroatoms. The van der Waals surface area contributed by atoms with Gasteiger partial charge in [-0.2, -0.15) is 5.10 Å². The summed E-state index contributed by atoms with van der Waals surface area (Å²) in [4.78, 5) is 12.5. The minimum absolute atomic E-state index is 0.219. The van der Waals surface area contributed by atoms with Gasteiger partial charge in [-0.25, -0.2) is 8.78 Å². The molecule has 0 aliphatic heterocycles. The molecule has 3 rings (SSSR count). The van der Waals surface area contributed by atoms with E-state index in [-0.39, 0.29) is 11.5 Å². The summed E-state index contributed by atoms with van der Waals surface area (Å²) in [7, 11) is 0. The normalized spacial score (nSPS) is 17.0. The van der Waals surface area contributed by atoms with Crippen molar-refractivity contribution in [1.29, 1.82) is 0 Å². The van der Waals surface area contributed by atoms with Crippen LogP contribution in [0.4, 0.5) is 8.78 Å². The molecule has 1 heterocycles. The fraction of sp³-hybridized carbons (Fsp3) is 0.375. The van der Waals surface area contributed by atoms with E-state index in [1.807, 2.05) is 6.92 Å². The average molecular weight is 305 g/mol. The number of benzene rings is 1. The first-order valence-electron chi connectivity index (χ1n) is 7.32. The Hall–Kier alpha value is -2.24. The summed E-state index contributed by atoms with van der Waals surface area (Å²) in [5.41, 5.74) is -0.569. The summed E-state index contributed by atoms with van der Waals surface area (Å²) in [6, 6.07) is 4.63. The second-order valence-electron chi connectivity index (χ2n) is 5.61. The summed E-state index contributed by atoms with van der Waals surface area (Å²) < 4.78 is 29.0. The van der Waals surface area contributed by atoms with Gasteiger partial charge in [-0.15, -0.1) is 0 Å². The van der Waals surface area contributed by atoms with Gasteiger partial charge in [0.05, 0.1) is 5.54 Å². The molecule has 1 aromatic heterocycles. The maximum Gasteiger partial charge on any atom is 0.245 e. The topological polar surface area (TPSA) is 46.9 Å². The summed E-state index contributed by atoms with van der Waals surface area (Å²) in [5.74, 6) is -1.23. The van der Waals surface area contributed by atoms with E-state index in [0.29, 0.717) is 19.3 Å². The number of halogens is 2. The van der Waals surface area contributed by atoms with Crippen LogP contribution in [-0.4, -0.2) is 15.7 Å². The van der Waals surface area contributed by atoms with E-state index in [1.54, 1.807) is 23.1 Å².